The van der Waals surface area contributed by atoms with Crippen molar-refractivity contribution in [2.24, 2.45) is 0 Å². The predicted molar refractivity (Wildman–Crippen MR) is 46.7 cm³/mol. The van der Waals surface area contributed by atoms with Gasteiger partial charge in [-0.25, -0.2) is 0 Å². The molecule has 1 rings (SSSR count). The summed E-state index contributed by atoms with van der Waals surface area (Å²) < 4.78 is 0. The van der Waals surface area contributed by atoms with Crippen molar-refractivity contribution in [3.63, 3.8) is 0 Å². The molecule has 1 aromatic heterocycles. The number of aromatic nitrogens is 1. The van der Waals surface area contributed by atoms with Crippen molar-refractivity contribution in [3.8, 4) is 17.9 Å². The Bertz CT molecular complexity index is 407. The summed E-state index contributed by atoms with van der Waals surface area (Å²) in [5.74, 6) is 5.36. The monoisotopic (exact) mass is 170 g/mol. The zero-order valence-electron chi connectivity index (χ0n) is 6.82. The fourth-order valence-corrected chi connectivity index (χ4v) is 0.776. The second-order valence-corrected chi connectivity index (χ2v) is 2.26. The van der Waals surface area contributed by atoms with Gasteiger partial charge < -0.3 is 0 Å². The van der Waals surface area contributed by atoms with E-state index in [1.54, 1.807) is 12.3 Å². The summed E-state index contributed by atoms with van der Waals surface area (Å²) in [6.07, 6.45) is 3.91. The number of carbonyl (C=O) groups excluding carboxylic acids is 1. The maximum absolute atomic E-state index is 10.3. The van der Waals surface area contributed by atoms with E-state index in [9.17, 15) is 4.79 Å². The number of pyridine rings is 1. The number of aldehydes is 1. The number of rotatable bonds is 1. The van der Waals surface area contributed by atoms with Crippen LogP contribution >= 0.6 is 0 Å². The van der Waals surface area contributed by atoms with E-state index in [1.165, 1.54) is 6.20 Å². The van der Waals surface area contributed by atoms with E-state index in [4.69, 9.17) is 5.26 Å². The van der Waals surface area contributed by atoms with E-state index in [1.807, 2.05) is 6.07 Å². The van der Waals surface area contributed by atoms with E-state index in [2.05, 4.69) is 16.8 Å². The summed E-state index contributed by atoms with van der Waals surface area (Å²) in [5, 5.41) is 8.22. The summed E-state index contributed by atoms with van der Waals surface area (Å²) in [4.78, 5) is 14.2. The topological polar surface area (TPSA) is 53.8 Å². The Labute approximate surface area is 76.0 Å². The molecule has 0 saturated carbocycles. The lowest BCUT2D eigenvalue weighted by Gasteiger charge is -1.89. The van der Waals surface area contributed by atoms with Gasteiger partial charge in [-0.3, -0.25) is 9.78 Å². The summed E-state index contributed by atoms with van der Waals surface area (Å²) in [7, 11) is 0. The molecular weight excluding hydrogens is 164 g/mol. The molecule has 1 aromatic rings. The van der Waals surface area contributed by atoms with Gasteiger partial charge in [-0.1, -0.05) is 11.8 Å². The van der Waals surface area contributed by atoms with Gasteiger partial charge in [-0.05, 0) is 6.07 Å². The largest absolute Gasteiger partial charge is 0.298 e. The Balaban J connectivity index is 2.86. The lowest BCUT2D eigenvalue weighted by Crippen LogP contribution is -1.84. The van der Waals surface area contributed by atoms with Crippen molar-refractivity contribution in [1.82, 2.24) is 4.98 Å². The van der Waals surface area contributed by atoms with Gasteiger partial charge in [0.2, 0.25) is 0 Å². The van der Waals surface area contributed by atoms with Crippen LogP contribution in [0.3, 0.4) is 0 Å². The van der Waals surface area contributed by atoms with Crippen LogP contribution in [0.5, 0.6) is 0 Å². The lowest BCUT2D eigenvalue weighted by molar-refractivity contribution is 0.112. The summed E-state index contributed by atoms with van der Waals surface area (Å²) in [6, 6.07) is 3.53. The highest BCUT2D eigenvalue weighted by Gasteiger charge is 1.90. The van der Waals surface area contributed by atoms with Crippen LogP contribution < -0.4 is 0 Å². The van der Waals surface area contributed by atoms with E-state index in [-0.39, 0.29) is 6.42 Å². The number of nitrogens with zero attached hydrogens (tertiary/aromatic N) is 2. The molecule has 62 valence electrons. The van der Waals surface area contributed by atoms with Crippen LogP contribution in [0.2, 0.25) is 0 Å². The molecular formula is C10H6N2O. The van der Waals surface area contributed by atoms with Gasteiger partial charge in [0, 0.05) is 23.5 Å². The van der Waals surface area contributed by atoms with E-state index < -0.39 is 0 Å². The molecule has 0 aromatic carbocycles. The highest BCUT2D eigenvalue weighted by molar-refractivity contribution is 5.74. The molecule has 3 nitrogen and oxygen atoms in total. The van der Waals surface area contributed by atoms with Crippen molar-refractivity contribution >= 4 is 6.29 Å². The Hall–Kier alpha value is -2.13. The number of carbonyl (C=O) groups is 1. The molecule has 0 unspecified atom stereocenters. The molecule has 0 spiro atoms. The standard InChI is InChI=1S/C10H6N2O/c11-4-2-1-3-9-5-10(8-13)7-12-6-9/h5-8H,2H2. The van der Waals surface area contributed by atoms with Gasteiger partial charge in [-0.15, -0.1) is 0 Å². The second-order valence-electron chi connectivity index (χ2n) is 2.26. The first-order chi connectivity index (χ1) is 6.36. The number of nitriles is 1. The quantitative estimate of drug-likeness (QED) is 0.469. The maximum atomic E-state index is 10.3. The zero-order chi connectivity index (χ0) is 9.52. The fraction of sp³-hybridized carbons (Fsp3) is 0.100. The maximum Gasteiger partial charge on any atom is 0.151 e. The molecule has 0 radical (unpaired) electrons. The fourth-order valence-electron chi connectivity index (χ4n) is 0.776. The van der Waals surface area contributed by atoms with Crippen LogP contribution in [0.4, 0.5) is 0 Å². The van der Waals surface area contributed by atoms with Crippen molar-refractivity contribution in [2.45, 2.75) is 6.42 Å². The second kappa shape index (κ2) is 4.69. The van der Waals surface area contributed by atoms with Gasteiger partial charge in [0.15, 0.2) is 6.29 Å². The van der Waals surface area contributed by atoms with Gasteiger partial charge in [0.05, 0.1) is 12.5 Å². The van der Waals surface area contributed by atoms with E-state index in [0.29, 0.717) is 17.4 Å². The summed E-state index contributed by atoms with van der Waals surface area (Å²) in [6.45, 7) is 0. The Morgan fingerprint density at radius 2 is 2.38 bits per heavy atom. The molecule has 13 heavy (non-hydrogen) atoms. The van der Waals surface area contributed by atoms with Gasteiger partial charge >= 0.3 is 0 Å². The first kappa shape index (κ1) is 8.96. The summed E-state index contributed by atoms with van der Waals surface area (Å²) in [5.41, 5.74) is 1.14. The van der Waals surface area contributed by atoms with Gasteiger partial charge in [-0.2, -0.15) is 5.26 Å². The van der Waals surface area contributed by atoms with Gasteiger partial charge in [0.25, 0.3) is 0 Å². The average molecular weight is 170 g/mol. The van der Waals surface area contributed by atoms with Crippen LogP contribution in [0.25, 0.3) is 0 Å². The molecule has 0 aliphatic carbocycles. The molecule has 0 aliphatic rings. The summed E-state index contributed by atoms with van der Waals surface area (Å²) >= 11 is 0. The Kier molecular flexibility index (Phi) is 3.23. The molecule has 0 fully saturated rings. The highest BCUT2D eigenvalue weighted by Crippen LogP contribution is 1.97. The molecule has 0 atom stereocenters. The molecule has 0 amide bonds. The SMILES string of the molecule is N#CCC#Cc1cncc(C=O)c1. The van der Waals surface area contributed by atoms with E-state index in [0.717, 1.165) is 0 Å². The molecule has 0 bridgehead atoms. The average Bonchev–Trinajstić information content (AvgIpc) is 2.19. The molecule has 0 aliphatic heterocycles. The minimum Gasteiger partial charge on any atom is -0.298 e. The Morgan fingerprint density at radius 3 is 3.08 bits per heavy atom. The van der Waals surface area contributed by atoms with Crippen molar-refractivity contribution < 1.29 is 4.79 Å². The van der Waals surface area contributed by atoms with Crippen LogP contribution in [-0.4, -0.2) is 11.3 Å². The lowest BCUT2D eigenvalue weighted by atomic mass is 10.2. The van der Waals surface area contributed by atoms with Crippen molar-refractivity contribution in [3.05, 3.63) is 29.6 Å². The molecule has 0 N–H and O–H groups in total. The third kappa shape index (κ3) is 2.76. The molecule has 3 heteroatoms. The minimum atomic E-state index is 0.186. The van der Waals surface area contributed by atoms with Crippen molar-refractivity contribution in [1.29, 1.82) is 5.26 Å². The zero-order valence-corrected chi connectivity index (χ0v) is 6.82. The van der Waals surface area contributed by atoms with E-state index >= 15 is 0 Å². The van der Waals surface area contributed by atoms with Crippen LogP contribution in [-0.2, 0) is 0 Å². The normalized spacial score (nSPS) is 7.92. The first-order valence-corrected chi connectivity index (χ1v) is 3.63. The Morgan fingerprint density at radius 1 is 1.54 bits per heavy atom. The van der Waals surface area contributed by atoms with Crippen LogP contribution in [0, 0.1) is 23.2 Å². The molecule has 1 heterocycles. The smallest absolute Gasteiger partial charge is 0.151 e. The third-order valence-corrected chi connectivity index (χ3v) is 1.30. The number of hydrogen-bond acceptors (Lipinski definition) is 3. The first-order valence-electron chi connectivity index (χ1n) is 3.63. The van der Waals surface area contributed by atoms with Crippen LogP contribution in [0.15, 0.2) is 18.5 Å². The third-order valence-electron chi connectivity index (χ3n) is 1.30. The van der Waals surface area contributed by atoms with Gasteiger partial charge in [0.1, 0.15) is 0 Å². The van der Waals surface area contributed by atoms with Crippen molar-refractivity contribution in [2.75, 3.05) is 0 Å². The van der Waals surface area contributed by atoms with Crippen LogP contribution in [0.1, 0.15) is 22.3 Å². The predicted octanol–water partition coefficient (Wildman–Crippen LogP) is 1.16. The number of hydrogen-bond donors (Lipinski definition) is 0. The highest BCUT2D eigenvalue weighted by atomic mass is 16.1. The molecule has 0 saturated heterocycles. The minimum absolute atomic E-state index is 0.186.